The molecule has 1 amide bonds. The molecule has 20 heavy (non-hydrogen) atoms. The van der Waals surface area contributed by atoms with E-state index in [1.807, 2.05) is 24.3 Å². The van der Waals surface area contributed by atoms with Crippen molar-refractivity contribution in [1.82, 2.24) is 4.98 Å². The number of halogens is 1. The number of para-hydroxylation sites is 1. The lowest BCUT2D eigenvalue weighted by Gasteiger charge is -2.04. The number of benzene rings is 2. The summed E-state index contributed by atoms with van der Waals surface area (Å²) in [6, 6.07) is 11.1. The van der Waals surface area contributed by atoms with E-state index in [1.54, 1.807) is 0 Å². The number of thiazole rings is 1. The summed E-state index contributed by atoms with van der Waals surface area (Å²) >= 11 is 1.28. The van der Waals surface area contributed by atoms with Crippen LogP contribution in [0.4, 0.5) is 9.52 Å². The zero-order valence-corrected chi connectivity index (χ0v) is 10.9. The average Bonchev–Trinajstić information content (AvgIpc) is 2.80. The maximum absolute atomic E-state index is 13.6. The fraction of sp³-hybridized carbons (Fsp3) is 0. The van der Waals surface area contributed by atoms with E-state index in [4.69, 9.17) is 0 Å². The van der Waals surface area contributed by atoms with Crippen molar-refractivity contribution >= 4 is 32.6 Å². The van der Waals surface area contributed by atoms with Gasteiger partial charge in [-0.05, 0) is 24.3 Å². The molecule has 0 saturated carbocycles. The van der Waals surface area contributed by atoms with E-state index in [2.05, 4.69) is 10.3 Å². The number of rotatable bonds is 2. The van der Waals surface area contributed by atoms with Crippen LogP contribution in [-0.2, 0) is 0 Å². The number of aromatic hydroxyl groups is 1. The van der Waals surface area contributed by atoms with Gasteiger partial charge in [0.05, 0.1) is 10.2 Å². The van der Waals surface area contributed by atoms with Gasteiger partial charge in [0.25, 0.3) is 5.91 Å². The molecule has 4 nitrogen and oxygen atoms in total. The van der Waals surface area contributed by atoms with E-state index in [9.17, 15) is 14.3 Å². The molecular formula is C14H9FN2O2S. The molecule has 0 unspecified atom stereocenters. The van der Waals surface area contributed by atoms with Crippen molar-refractivity contribution in [1.29, 1.82) is 0 Å². The van der Waals surface area contributed by atoms with Gasteiger partial charge in [-0.15, -0.1) is 0 Å². The Morgan fingerprint density at radius 1 is 1.20 bits per heavy atom. The van der Waals surface area contributed by atoms with E-state index in [1.165, 1.54) is 23.5 Å². The maximum atomic E-state index is 13.6. The van der Waals surface area contributed by atoms with Gasteiger partial charge in [0.15, 0.2) is 5.13 Å². The van der Waals surface area contributed by atoms with E-state index >= 15 is 0 Å². The van der Waals surface area contributed by atoms with E-state index in [0.717, 1.165) is 16.3 Å². The molecule has 1 heterocycles. The molecule has 3 aromatic rings. The zero-order chi connectivity index (χ0) is 14.1. The van der Waals surface area contributed by atoms with E-state index in [0.29, 0.717) is 5.13 Å². The van der Waals surface area contributed by atoms with Gasteiger partial charge in [-0.3, -0.25) is 10.1 Å². The van der Waals surface area contributed by atoms with E-state index < -0.39 is 17.5 Å². The second-order valence-electron chi connectivity index (χ2n) is 4.07. The highest BCUT2D eigenvalue weighted by atomic mass is 32.1. The average molecular weight is 288 g/mol. The molecule has 100 valence electrons. The van der Waals surface area contributed by atoms with Gasteiger partial charge in [0.2, 0.25) is 0 Å². The van der Waals surface area contributed by atoms with Crippen LogP contribution >= 0.6 is 11.3 Å². The molecule has 0 radical (unpaired) electrons. The molecule has 2 N–H and O–H groups in total. The third kappa shape index (κ3) is 2.21. The Morgan fingerprint density at radius 2 is 2.00 bits per heavy atom. The van der Waals surface area contributed by atoms with Crippen LogP contribution < -0.4 is 5.32 Å². The highest BCUT2D eigenvalue weighted by Gasteiger charge is 2.17. The fourth-order valence-electron chi connectivity index (χ4n) is 1.82. The Morgan fingerprint density at radius 3 is 2.75 bits per heavy atom. The van der Waals surface area contributed by atoms with Gasteiger partial charge < -0.3 is 5.11 Å². The quantitative estimate of drug-likeness (QED) is 0.759. The number of hydrogen-bond donors (Lipinski definition) is 2. The number of amides is 1. The molecule has 6 heteroatoms. The van der Waals surface area contributed by atoms with Crippen LogP contribution in [0.15, 0.2) is 42.5 Å². The Labute approximate surface area is 117 Å². The highest BCUT2D eigenvalue weighted by Crippen LogP contribution is 2.27. The monoisotopic (exact) mass is 288 g/mol. The van der Waals surface area contributed by atoms with Crippen molar-refractivity contribution in [2.45, 2.75) is 0 Å². The van der Waals surface area contributed by atoms with Gasteiger partial charge in [-0.25, -0.2) is 9.37 Å². The van der Waals surface area contributed by atoms with Crippen LogP contribution in [0.1, 0.15) is 10.4 Å². The lowest BCUT2D eigenvalue weighted by molar-refractivity contribution is 0.102. The number of nitrogens with one attached hydrogen (secondary N) is 1. The number of aromatic nitrogens is 1. The Hall–Kier alpha value is -2.47. The number of phenolic OH excluding ortho intramolecular Hbond substituents is 1. The van der Waals surface area contributed by atoms with Gasteiger partial charge in [0.1, 0.15) is 17.1 Å². The molecule has 0 spiro atoms. The second kappa shape index (κ2) is 4.90. The molecule has 0 aliphatic carbocycles. The first-order valence-electron chi connectivity index (χ1n) is 5.79. The highest BCUT2D eigenvalue weighted by molar-refractivity contribution is 7.22. The van der Waals surface area contributed by atoms with Gasteiger partial charge >= 0.3 is 0 Å². The van der Waals surface area contributed by atoms with Crippen molar-refractivity contribution in [3.63, 3.8) is 0 Å². The minimum Gasteiger partial charge on any atom is -0.507 e. The van der Waals surface area contributed by atoms with Crippen LogP contribution in [0.2, 0.25) is 0 Å². The molecule has 1 aromatic heterocycles. The normalized spacial score (nSPS) is 10.7. The Balaban J connectivity index is 1.92. The maximum Gasteiger partial charge on any atom is 0.264 e. The van der Waals surface area contributed by atoms with Crippen LogP contribution in [-0.4, -0.2) is 16.0 Å². The molecule has 2 aromatic carbocycles. The number of nitrogens with zero attached hydrogens (tertiary/aromatic N) is 1. The van der Waals surface area contributed by atoms with Gasteiger partial charge in [0, 0.05) is 0 Å². The summed E-state index contributed by atoms with van der Waals surface area (Å²) in [5, 5.41) is 12.4. The van der Waals surface area contributed by atoms with Crippen LogP contribution in [0.5, 0.6) is 5.75 Å². The standard InChI is InChI=1S/C14H9FN2O2S/c15-8-4-3-6-10(18)12(8)13(19)17-14-16-9-5-1-2-7-11(9)20-14/h1-7,18H,(H,16,17,19). The van der Waals surface area contributed by atoms with Gasteiger partial charge in [-0.1, -0.05) is 29.5 Å². The topological polar surface area (TPSA) is 62.2 Å². The first kappa shape index (κ1) is 12.6. The summed E-state index contributed by atoms with van der Waals surface area (Å²) in [5.41, 5.74) is 0.373. The molecule has 0 aliphatic heterocycles. The predicted molar refractivity (Wildman–Crippen MR) is 75.6 cm³/mol. The smallest absolute Gasteiger partial charge is 0.264 e. The molecule has 0 aliphatic rings. The second-order valence-corrected chi connectivity index (χ2v) is 5.11. The van der Waals surface area contributed by atoms with Crippen molar-refractivity contribution in [3.8, 4) is 5.75 Å². The SMILES string of the molecule is O=C(Nc1nc2ccccc2s1)c1c(O)cccc1F. The number of carbonyl (C=O) groups is 1. The van der Waals surface area contributed by atoms with Crippen LogP contribution in [0.3, 0.4) is 0 Å². The van der Waals surface area contributed by atoms with Crippen molar-refractivity contribution in [3.05, 3.63) is 53.8 Å². The number of phenols is 1. The van der Waals surface area contributed by atoms with Crippen molar-refractivity contribution in [2.75, 3.05) is 5.32 Å². The Bertz CT molecular complexity index is 747. The summed E-state index contributed by atoms with van der Waals surface area (Å²) < 4.78 is 14.5. The minimum atomic E-state index is -0.774. The molecule has 0 saturated heterocycles. The van der Waals surface area contributed by atoms with Gasteiger partial charge in [-0.2, -0.15) is 0 Å². The predicted octanol–water partition coefficient (Wildman–Crippen LogP) is 3.39. The fourth-order valence-corrected chi connectivity index (χ4v) is 2.68. The zero-order valence-electron chi connectivity index (χ0n) is 10.1. The number of anilines is 1. The number of carbonyl (C=O) groups excluding carboxylic acids is 1. The first-order valence-corrected chi connectivity index (χ1v) is 6.61. The Kier molecular flexibility index (Phi) is 3.08. The molecule has 0 fully saturated rings. The lowest BCUT2D eigenvalue weighted by atomic mass is 10.2. The first-order chi connectivity index (χ1) is 9.65. The number of fused-ring (bicyclic) bond motifs is 1. The lowest BCUT2D eigenvalue weighted by Crippen LogP contribution is -2.13. The molecule has 0 atom stereocenters. The van der Waals surface area contributed by atoms with Crippen LogP contribution in [0, 0.1) is 5.82 Å². The summed E-state index contributed by atoms with van der Waals surface area (Å²) in [4.78, 5) is 16.2. The van der Waals surface area contributed by atoms with Crippen molar-refractivity contribution in [2.24, 2.45) is 0 Å². The third-order valence-corrected chi connectivity index (χ3v) is 3.68. The summed E-state index contributed by atoms with van der Waals surface area (Å²) in [7, 11) is 0. The van der Waals surface area contributed by atoms with Crippen molar-refractivity contribution < 1.29 is 14.3 Å². The summed E-state index contributed by atoms with van der Waals surface area (Å²) in [6.07, 6.45) is 0. The van der Waals surface area contributed by atoms with Crippen LogP contribution in [0.25, 0.3) is 10.2 Å². The minimum absolute atomic E-state index is 0.360. The summed E-state index contributed by atoms with van der Waals surface area (Å²) in [6.45, 7) is 0. The molecule has 0 bridgehead atoms. The largest absolute Gasteiger partial charge is 0.507 e. The summed E-state index contributed by atoms with van der Waals surface area (Å²) in [5.74, 6) is -1.90. The third-order valence-electron chi connectivity index (χ3n) is 2.73. The number of hydrogen-bond acceptors (Lipinski definition) is 4. The molecule has 3 rings (SSSR count). The van der Waals surface area contributed by atoms with E-state index in [-0.39, 0.29) is 5.56 Å². The molecular weight excluding hydrogens is 279 g/mol.